The first-order chi connectivity index (χ1) is 15.0. The Morgan fingerprint density at radius 2 is 2.10 bits per heavy atom. The largest absolute Gasteiger partial charge is 0.507 e. The van der Waals surface area contributed by atoms with Gasteiger partial charge in [0.05, 0.1) is 17.0 Å². The average molecular weight is 418 g/mol. The first kappa shape index (κ1) is 19.4. The van der Waals surface area contributed by atoms with E-state index in [4.69, 9.17) is 4.74 Å². The number of aliphatic carboxylic acids is 1. The third-order valence-corrected chi connectivity index (χ3v) is 6.06. The number of nitrogens with one attached hydrogen (secondary N) is 1. The fourth-order valence-corrected chi connectivity index (χ4v) is 4.43. The molecule has 2 aliphatic heterocycles. The minimum atomic E-state index is -0.803. The maximum atomic E-state index is 13.0. The molecule has 0 aliphatic carbocycles. The highest BCUT2D eigenvalue weighted by atomic mass is 16.5. The van der Waals surface area contributed by atoms with Crippen LogP contribution in [0.5, 0.6) is 11.5 Å². The number of aromatic nitrogens is 1. The third-order valence-electron chi connectivity index (χ3n) is 6.06. The number of likely N-dealkylation sites (tertiary alicyclic amines) is 1. The second-order valence-electron chi connectivity index (χ2n) is 8.08. The minimum absolute atomic E-state index is 0.0392. The molecule has 2 aromatic carbocycles. The quantitative estimate of drug-likeness (QED) is 0.557. The molecule has 5 rings (SSSR count). The molecular formula is C24H22N2O5. The van der Waals surface area contributed by atoms with Gasteiger partial charge in [-0.25, -0.2) is 0 Å². The molecule has 1 unspecified atom stereocenters. The summed E-state index contributed by atoms with van der Waals surface area (Å²) in [4.78, 5) is 29.5. The molecule has 0 bridgehead atoms. The molecule has 2 aliphatic rings. The molecule has 0 saturated carbocycles. The number of allylic oxidation sites excluding steroid dienone is 1. The maximum absolute atomic E-state index is 13.0. The zero-order valence-corrected chi connectivity index (χ0v) is 16.8. The van der Waals surface area contributed by atoms with Gasteiger partial charge >= 0.3 is 5.97 Å². The number of phenolic OH excluding ortho intramolecular Hbond substituents is 1. The highest BCUT2D eigenvalue weighted by Gasteiger charge is 2.33. The van der Waals surface area contributed by atoms with Gasteiger partial charge in [0.25, 0.3) is 0 Å². The summed E-state index contributed by atoms with van der Waals surface area (Å²) in [6, 6.07) is 10.9. The Morgan fingerprint density at radius 1 is 1.26 bits per heavy atom. The lowest BCUT2D eigenvalue weighted by molar-refractivity contribution is -0.143. The van der Waals surface area contributed by atoms with Crippen LogP contribution in [0, 0.1) is 5.92 Å². The lowest BCUT2D eigenvalue weighted by Crippen LogP contribution is -2.38. The van der Waals surface area contributed by atoms with Crippen molar-refractivity contribution < 1.29 is 24.5 Å². The Hall–Kier alpha value is -3.58. The van der Waals surface area contributed by atoms with E-state index in [1.54, 1.807) is 12.1 Å². The number of nitrogens with zero attached hydrogens (tertiary/aromatic N) is 1. The van der Waals surface area contributed by atoms with Crippen LogP contribution >= 0.6 is 0 Å². The average Bonchev–Trinajstić information content (AvgIpc) is 3.32. The fourth-order valence-electron chi connectivity index (χ4n) is 4.43. The Balaban J connectivity index is 1.46. The number of piperidine rings is 1. The number of phenols is 1. The van der Waals surface area contributed by atoms with Gasteiger partial charge in [0.2, 0.25) is 5.78 Å². The standard InChI is InChI=1S/C24H22N2O5/c27-20-8-7-17-22(28)21(10-15-11-25-19-6-2-1-5-16(15)19)31-23(17)18(20)13-26-9-3-4-14(12-26)24(29)30/h1-2,5-8,10-11,14,25,27H,3-4,9,12-13H2,(H,29,30). The second kappa shape index (κ2) is 7.59. The summed E-state index contributed by atoms with van der Waals surface area (Å²) in [6.45, 7) is 1.47. The van der Waals surface area contributed by atoms with Crippen molar-refractivity contribution in [1.82, 2.24) is 9.88 Å². The number of ether oxygens (including phenoxy) is 1. The van der Waals surface area contributed by atoms with Gasteiger partial charge in [0.1, 0.15) is 11.5 Å². The predicted octanol–water partition coefficient (Wildman–Crippen LogP) is 3.79. The monoisotopic (exact) mass is 418 g/mol. The predicted molar refractivity (Wildman–Crippen MR) is 115 cm³/mol. The van der Waals surface area contributed by atoms with Crippen LogP contribution in [-0.2, 0) is 11.3 Å². The van der Waals surface area contributed by atoms with Gasteiger partial charge in [-0.1, -0.05) is 18.2 Å². The highest BCUT2D eigenvalue weighted by molar-refractivity contribution is 6.15. The lowest BCUT2D eigenvalue weighted by atomic mass is 9.97. The number of hydrogen-bond donors (Lipinski definition) is 3. The Labute approximate surface area is 178 Å². The first-order valence-electron chi connectivity index (χ1n) is 10.3. The summed E-state index contributed by atoms with van der Waals surface area (Å²) in [5.74, 6) is -0.863. The zero-order valence-electron chi connectivity index (χ0n) is 16.8. The first-order valence-corrected chi connectivity index (χ1v) is 10.3. The van der Waals surface area contributed by atoms with Crippen molar-refractivity contribution in [2.75, 3.05) is 13.1 Å². The number of carboxylic acid groups (broad SMARTS) is 1. The number of hydrogen-bond acceptors (Lipinski definition) is 5. The van der Waals surface area contributed by atoms with E-state index in [9.17, 15) is 19.8 Å². The summed E-state index contributed by atoms with van der Waals surface area (Å²) in [5.41, 5.74) is 2.73. The van der Waals surface area contributed by atoms with Crippen molar-refractivity contribution in [3.8, 4) is 11.5 Å². The van der Waals surface area contributed by atoms with E-state index >= 15 is 0 Å². The summed E-state index contributed by atoms with van der Waals surface area (Å²) < 4.78 is 5.96. The molecule has 0 spiro atoms. The van der Waals surface area contributed by atoms with Crippen LogP contribution in [0.15, 0.2) is 48.4 Å². The van der Waals surface area contributed by atoms with Crippen LogP contribution in [0.25, 0.3) is 17.0 Å². The van der Waals surface area contributed by atoms with Gasteiger partial charge in [-0.2, -0.15) is 0 Å². The highest BCUT2D eigenvalue weighted by Crippen LogP contribution is 2.41. The summed E-state index contributed by atoms with van der Waals surface area (Å²) in [7, 11) is 0. The van der Waals surface area contributed by atoms with E-state index in [0.29, 0.717) is 36.4 Å². The molecule has 0 amide bonds. The number of carboxylic acids is 1. The van der Waals surface area contributed by atoms with Gasteiger partial charge < -0.3 is 19.9 Å². The number of aromatic hydroxyl groups is 1. The number of fused-ring (bicyclic) bond motifs is 2. The van der Waals surface area contributed by atoms with Crippen LogP contribution in [0.3, 0.4) is 0 Å². The zero-order chi connectivity index (χ0) is 21.5. The fraction of sp³-hybridized carbons (Fsp3) is 0.250. The van der Waals surface area contributed by atoms with Crippen molar-refractivity contribution >= 4 is 28.7 Å². The molecule has 1 aromatic heterocycles. The van der Waals surface area contributed by atoms with E-state index in [1.165, 1.54) is 6.07 Å². The summed E-state index contributed by atoms with van der Waals surface area (Å²) in [6.07, 6.45) is 4.97. The third kappa shape index (κ3) is 3.47. The van der Waals surface area contributed by atoms with Crippen LogP contribution in [0.4, 0.5) is 0 Å². The van der Waals surface area contributed by atoms with E-state index in [0.717, 1.165) is 29.4 Å². The Morgan fingerprint density at radius 3 is 2.94 bits per heavy atom. The number of carbonyl (C=O) groups is 2. The number of benzene rings is 2. The lowest BCUT2D eigenvalue weighted by Gasteiger charge is -2.31. The second-order valence-corrected chi connectivity index (χ2v) is 8.08. The molecule has 0 radical (unpaired) electrons. The molecule has 7 nitrogen and oxygen atoms in total. The molecule has 3 N–H and O–H groups in total. The number of carbonyl (C=O) groups excluding carboxylic acids is 1. The van der Waals surface area contributed by atoms with Crippen molar-refractivity contribution in [2.45, 2.75) is 19.4 Å². The van der Waals surface area contributed by atoms with Gasteiger partial charge in [-0.15, -0.1) is 0 Å². The molecule has 7 heteroatoms. The van der Waals surface area contributed by atoms with E-state index in [-0.39, 0.29) is 17.3 Å². The van der Waals surface area contributed by atoms with Crippen LogP contribution in [0.1, 0.15) is 34.3 Å². The van der Waals surface area contributed by atoms with Gasteiger partial charge in [0.15, 0.2) is 5.76 Å². The number of aromatic amines is 1. The van der Waals surface area contributed by atoms with Crippen molar-refractivity contribution in [3.63, 3.8) is 0 Å². The normalized spacial score (nSPS) is 20.2. The molecular weight excluding hydrogens is 396 g/mol. The molecule has 1 fully saturated rings. The molecule has 3 heterocycles. The van der Waals surface area contributed by atoms with Gasteiger partial charge in [-0.3, -0.25) is 14.5 Å². The topological polar surface area (TPSA) is 103 Å². The smallest absolute Gasteiger partial charge is 0.307 e. The van der Waals surface area contributed by atoms with Gasteiger partial charge in [-0.05, 0) is 43.7 Å². The number of H-pyrrole nitrogens is 1. The number of rotatable bonds is 4. The number of para-hydroxylation sites is 1. The van der Waals surface area contributed by atoms with Crippen molar-refractivity contribution in [2.24, 2.45) is 5.92 Å². The van der Waals surface area contributed by atoms with E-state index < -0.39 is 11.9 Å². The van der Waals surface area contributed by atoms with Gasteiger partial charge in [0, 0.05) is 35.8 Å². The molecule has 1 saturated heterocycles. The minimum Gasteiger partial charge on any atom is -0.507 e. The van der Waals surface area contributed by atoms with Crippen LogP contribution in [-0.4, -0.2) is 44.9 Å². The molecule has 31 heavy (non-hydrogen) atoms. The molecule has 1 atom stereocenters. The molecule has 3 aromatic rings. The van der Waals surface area contributed by atoms with Crippen molar-refractivity contribution in [3.05, 3.63) is 65.0 Å². The van der Waals surface area contributed by atoms with Crippen molar-refractivity contribution in [1.29, 1.82) is 0 Å². The van der Waals surface area contributed by atoms with E-state index in [2.05, 4.69) is 4.98 Å². The van der Waals surface area contributed by atoms with Crippen LogP contribution in [0.2, 0.25) is 0 Å². The SMILES string of the molecule is O=C1C(=Cc2c[nH]c3ccccc23)Oc2c1ccc(O)c2CN1CCCC(C(=O)O)C1. The summed E-state index contributed by atoms with van der Waals surface area (Å²) >= 11 is 0. The number of Topliss-reactive ketones (excluding diaryl/α,β-unsaturated/α-hetero) is 1. The van der Waals surface area contributed by atoms with E-state index in [1.807, 2.05) is 35.4 Å². The molecule has 158 valence electrons. The Kier molecular flexibility index (Phi) is 4.75. The Bertz CT molecular complexity index is 1230. The maximum Gasteiger partial charge on any atom is 0.307 e. The summed E-state index contributed by atoms with van der Waals surface area (Å²) in [5, 5.41) is 20.8. The van der Waals surface area contributed by atoms with Crippen LogP contribution < -0.4 is 4.74 Å². The number of ketones is 1.